The molecular formula is C12H15F3N2. The SMILES string of the molecule is FC(F)(F)c1ccc(CC2CNCCN2)cc1. The van der Waals surface area contributed by atoms with Gasteiger partial charge in [-0.25, -0.2) is 0 Å². The summed E-state index contributed by atoms with van der Waals surface area (Å²) in [5.41, 5.74) is 0.343. The van der Waals surface area contributed by atoms with Crippen LogP contribution in [0, 0.1) is 0 Å². The second kappa shape index (κ2) is 5.06. The maximum absolute atomic E-state index is 12.4. The Morgan fingerprint density at radius 2 is 1.82 bits per heavy atom. The quantitative estimate of drug-likeness (QED) is 0.829. The lowest BCUT2D eigenvalue weighted by molar-refractivity contribution is -0.137. The van der Waals surface area contributed by atoms with E-state index in [1.54, 1.807) is 12.1 Å². The summed E-state index contributed by atoms with van der Waals surface area (Å²) in [6, 6.07) is 5.70. The van der Waals surface area contributed by atoms with E-state index < -0.39 is 11.7 Å². The normalized spacial score (nSPS) is 21.5. The molecule has 1 unspecified atom stereocenters. The number of rotatable bonds is 2. The first kappa shape index (κ1) is 12.4. The van der Waals surface area contributed by atoms with Crippen molar-refractivity contribution in [2.75, 3.05) is 19.6 Å². The fourth-order valence-electron chi connectivity index (χ4n) is 1.97. The number of alkyl halides is 3. The van der Waals surface area contributed by atoms with E-state index in [4.69, 9.17) is 0 Å². The molecule has 2 N–H and O–H groups in total. The summed E-state index contributed by atoms with van der Waals surface area (Å²) in [7, 11) is 0. The predicted octanol–water partition coefficient (Wildman–Crippen LogP) is 1.81. The highest BCUT2D eigenvalue weighted by molar-refractivity contribution is 5.25. The number of piperazine rings is 1. The standard InChI is InChI=1S/C12H15F3N2/c13-12(14,15)10-3-1-9(2-4-10)7-11-8-16-5-6-17-11/h1-4,11,16-17H,5-8H2. The van der Waals surface area contributed by atoms with Crippen LogP contribution in [0.5, 0.6) is 0 Å². The Kier molecular flexibility index (Phi) is 3.69. The van der Waals surface area contributed by atoms with Gasteiger partial charge < -0.3 is 10.6 Å². The molecule has 5 heteroatoms. The monoisotopic (exact) mass is 244 g/mol. The first-order chi connectivity index (χ1) is 8.05. The number of benzene rings is 1. The van der Waals surface area contributed by atoms with Crippen LogP contribution in [0.15, 0.2) is 24.3 Å². The molecule has 1 aromatic rings. The summed E-state index contributed by atoms with van der Waals surface area (Å²) in [5.74, 6) is 0. The smallest absolute Gasteiger partial charge is 0.314 e. The van der Waals surface area contributed by atoms with Gasteiger partial charge in [0, 0.05) is 25.7 Å². The topological polar surface area (TPSA) is 24.1 Å². The van der Waals surface area contributed by atoms with Gasteiger partial charge in [0.05, 0.1) is 5.56 Å². The maximum atomic E-state index is 12.4. The highest BCUT2D eigenvalue weighted by atomic mass is 19.4. The van der Waals surface area contributed by atoms with Crippen LogP contribution in [0.4, 0.5) is 13.2 Å². The van der Waals surface area contributed by atoms with Crippen molar-refractivity contribution >= 4 is 0 Å². The van der Waals surface area contributed by atoms with Crippen LogP contribution >= 0.6 is 0 Å². The van der Waals surface area contributed by atoms with Crippen LogP contribution < -0.4 is 10.6 Å². The minimum atomic E-state index is -4.25. The summed E-state index contributed by atoms with van der Waals surface area (Å²) >= 11 is 0. The maximum Gasteiger partial charge on any atom is 0.416 e. The third kappa shape index (κ3) is 3.44. The second-order valence-corrected chi connectivity index (χ2v) is 4.25. The molecular weight excluding hydrogens is 229 g/mol. The summed E-state index contributed by atoms with van der Waals surface area (Å²) in [6.07, 6.45) is -3.49. The van der Waals surface area contributed by atoms with Gasteiger partial charge in [-0.3, -0.25) is 0 Å². The molecule has 0 saturated carbocycles. The van der Waals surface area contributed by atoms with E-state index >= 15 is 0 Å². The highest BCUT2D eigenvalue weighted by Crippen LogP contribution is 2.29. The molecule has 1 atom stereocenters. The molecule has 0 radical (unpaired) electrons. The molecule has 0 spiro atoms. The van der Waals surface area contributed by atoms with E-state index in [0.29, 0.717) is 6.04 Å². The van der Waals surface area contributed by atoms with Gasteiger partial charge >= 0.3 is 6.18 Å². The summed E-state index contributed by atoms with van der Waals surface area (Å²) < 4.78 is 37.1. The van der Waals surface area contributed by atoms with Crippen molar-refractivity contribution in [1.29, 1.82) is 0 Å². The van der Waals surface area contributed by atoms with Crippen LogP contribution in [0.25, 0.3) is 0 Å². The zero-order valence-electron chi connectivity index (χ0n) is 9.35. The molecule has 1 aromatic carbocycles. The van der Waals surface area contributed by atoms with Crippen LogP contribution in [0.2, 0.25) is 0 Å². The van der Waals surface area contributed by atoms with E-state index in [1.807, 2.05) is 0 Å². The second-order valence-electron chi connectivity index (χ2n) is 4.25. The lowest BCUT2D eigenvalue weighted by atomic mass is 10.0. The summed E-state index contributed by atoms with van der Waals surface area (Å²) in [4.78, 5) is 0. The van der Waals surface area contributed by atoms with Crippen molar-refractivity contribution in [1.82, 2.24) is 10.6 Å². The molecule has 1 aliphatic heterocycles. The number of hydrogen-bond donors (Lipinski definition) is 2. The molecule has 94 valence electrons. The highest BCUT2D eigenvalue weighted by Gasteiger charge is 2.29. The third-order valence-corrected chi connectivity index (χ3v) is 2.89. The molecule has 1 aliphatic rings. The Morgan fingerprint density at radius 1 is 1.12 bits per heavy atom. The van der Waals surface area contributed by atoms with Gasteiger partial charge in [0.15, 0.2) is 0 Å². The van der Waals surface area contributed by atoms with Crippen molar-refractivity contribution in [3.63, 3.8) is 0 Å². The van der Waals surface area contributed by atoms with E-state index in [2.05, 4.69) is 10.6 Å². The molecule has 0 aromatic heterocycles. The van der Waals surface area contributed by atoms with Gasteiger partial charge in [-0.1, -0.05) is 12.1 Å². The van der Waals surface area contributed by atoms with Gasteiger partial charge in [0.1, 0.15) is 0 Å². The molecule has 1 fully saturated rings. The van der Waals surface area contributed by atoms with Crippen molar-refractivity contribution in [3.05, 3.63) is 35.4 Å². The minimum Gasteiger partial charge on any atom is -0.314 e. The summed E-state index contributed by atoms with van der Waals surface area (Å²) in [5, 5.41) is 6.58. The molecule has 0 aliphatic carbocycles. The zero-order valence-corrected chi connectivity index (χ0v) is 9.35. The average molecular weight is 244 g/mol. The molecule has 1 saturated heterocycles. The first-order valence-electron chi connectivity index (χ1n) is 5.66. The van der Waals surface area contributed by atoms with Crippen LogP contribution in [0.3, 0.4) is 0 Å². The van der Waals surface area contributed by atoms with Crippen LogP contribution in [-0.4, -0.2) is 25.7 Å². The van der Waals surface area contributed by atoms with E-state index in [9.17, 15) is 13.2 Å². The van der Waals surface area contributed by atoms with E-state index in [-0.39, 0.29) is 0 Å². The number of hydrogen-bond acceptors (Lipinski definition) is 2. The van der Waals surface area contributed by atoms with Gasteiger partial charge in [-0.2, -0.15) is 13.2 Å². The van der Waals surface area contributed by atoms with Crippen LogP contribution in [-0.2, 0) is 12.6 Å². The fraction of sp³-hybridized carbons (Fsp3) is 0.500. The van der Waals surface area contributed by atoms with Crippen molar-refractivity contribution in [2.45, 2.75) is 18.6 Å². The van der Waals surface area contributed by atoms with E-state index in [0.717, 1.165) is 43.8 Å². The third-order valence-electron chi connectivity index (χ3n) is 2.89. The fourth-order valence-corrected chi connectivity index (χ4v) is 1.97. The molecule has 17 heavy (non-hydrogen) atoms. The van der Waals surface area contributed by atoms with Gasteiger partial charge in [0.25, 0.3) is 0 Å². The van der Waals surface area contributed by atoms with Crippen molar-refractivity contribution < 1.29 is 13.2 Å². The van der Waals surface area contributed by atoms with Crippen molar-refractivity contribution in [2.24, 2.45) is 0 Å². The summed E-state index contributed by atoms with van der Waals surface area (Å²) in [6.45, 7) is 2.72. The number of nitrogens with one attached hydrogen (secondary N) is 2. The van der Waals surface area contributed by atoms with Gasteiger partial charge in [-0.05, 0) is 24.1 Å². The average Bonchev–Trinajstić information content (AvgIpc) is 2.30. The lowest BCUT2D eigenvalue weighted by Crippen LogP contribution is -2.49. The Balaban J connectivity index is 1.98. The molecule has 2 rings (SSSR count). The Bertz CT molecular complexity index is 353. The molecule has 1 heterocycles. The van der Waals surface area contributed by atoms with Gasteiger partial charge in [-0.15, -0.1) is 0 Å². The number of halogens is 3. The Hall–Kier alpha value is -1.07. The Labute approximate surface area is 98.2 Å². The molecule has 0 bridgehead atoms. The Morgan fingerprint density at radius 3 is 2.35 bits per heavy atom. The lowest BCUT2D eigenvalue weighted by Gasteiger charge is -2.24. The van der Waals surface area contributed by atoms with Gasteiger partial charge in [0.2, 0.25) is 0 Å². The first-order valence-corrected chi connectivity index (χ1v) is 5.66. The largest absolute Gasteiger partial charge is 0.416 e. The predicted molar refractivity (Wildman–Crippen MR) is 59.8 cm³/mol. The van der Waals surface area contributed by atoms with Crippen LogP contribution in [0.1, 0.15) is 11.1 Å². The van der Waals surface area contributed by atoms with E-state index in [1.165, 1.54) is 0 Å². The molecule has 0 amide bonds. The molecule has 2 nitrogen and oxygen atoms in total. The van der Waals surface area contributed by atoms with Crippen molar-refractivity contribution in [3.8, 4) is 0 Å². The minimum absolute atomic E-state index is 0.306. The zero-order chi connectivity index (χ0) is 12.3.